The van der Waals surface area contributed by atoms with Crippen molar-refractivity contribution in [2.24, 2.45) is 0 Å². The molecule has 1 aromatic carbocycles. The number of hydrogen-bond acceptors (Lipinski definition) is 8. The molecule has 0 saturated carbocycles. The molecule has 3 rings (SSSR count). The molecule has 2 atom stereocenters. The van der Waals surface area contributed by atoms with Gasteiger partial charge in [-0.25, -0.2) is 12.8 Å². The molecule has 1 amide bonds. The van der Waals surface area contributed by atoms with Gasteiger partial charge in [-0.2, -0.15) is 0 Å². The molecule has 146 valence electrons. The summed E-state index contributed by atoms with van der Waals surface area (Å²) < 4.78 is 46.8. The average Bonchev–Trinajstić information content (AvgIpc) is 3.21. The van der Waals surface area contributed by atoms with Crippen molar-refractivity contribution in [3.8, 4) is 5.75 Å². The summed E-state index contributed by atoms with van der Waals surface area (Å²) in [5.41, 5.74) is 0. The molecule has 2 heterocycles. The molecule has 8 nitrogen and oxygen atoms in total. The maximum absolute atomic E-state index is 12.9. The SMILES string of the molecule is C[C@H](Oc1ccc(F)cc1)c1nnc(SCC(=O)N[C@@H]2CCS(=O)(=O)C2)o1. The molecule has 0 bridgehead atoms. The highest BCUT2D eigenvalue weighted by Crippen LogP contribution is 2.24. The number of benzene rings is 1. The zero-order valence-electron chi connectivity index (χ0n) is 14.4. The molecular formula is C16H18FN3O5S2. The van der Waals surface area contributed by atoms with Crippen LogP contribution in [0.5, 0.6) is 5.75 Å². The Morgan fingerprint density at radius 1 is 1.41 bits per heavy atom. The number of carbonyl (C=O) groups excluding carboxylic acids is 1. The average molecular weight is 415 g/mol. The Kier molecular flexibility index (Phi) is 6.00. The number of sulfone groups is 1. The molecule has 11 heteroatoms. The molecule has 1 N–H and O–H groups in total. The van der Waals surface area contributed by atoms with E-state index in [0.29, 0.717) is 12.2 Å². The highest BCUT2D eigenvalue weighted by Gasteiger charge is 2.29. The molecule has 0 unspecified atom stereocenters. The van der Waals surface area contributed by atoms with Gasteiger partial charge >= 0.3 is 0 Å². The van der Waals surface area contributed by atoms with E-state index in [1.54, 1.807) is 6.92 Å². The first-order chi connectivity index (χ1) is 12.8. The summed E-state index contributed by atoms with van der Waals surface area (Å²) in [6.45, 7) is 1.71. The molecule has 1 aliphatic heterocycles. The fourth-order valence-electron chi connectivity index (χ4n) is 2.52. The predicted octanol–water partition coefficient (Wildman–Crippen LogP) is 1.74. The lowest BCUT2D eigenvalue weighted by Gasteiger charge is -2.10. The number of thioether (sulfide) groups is 1. The van der Waals surface area contributed by atoms with Crippen molar-refractivity contribution in [3.63, 3.8) is 0 Å². The van der Waals surface area contributed by atoms with E-state index in [1.807, 2.05) is 0 Å². The van der Waals surface area contributed by atoms with Gasteiger partial charge in [0.25, 0.3) is 11.1 Å². The van der Waals surface area contributed by atoms with Gasteiger partial charge < -0.3 is 14.5 Å². The van der Waals surface area contributed by atoms with E-state index in [0.717, 1.165) is 11.8 Å². The lowest BCUT2D eigenvalue weighted by Crippen LogP contribution is -2.36. The van der Waals surface area contributed by atoms with Crippen LogP contribution in [0.3, 0.4) is 0 Å². The minimum atomic E-state index is -3.04. The number of ether oxygens (including phenoxy) is 1. The van der Waals surface area contributed by atoms with Crippen LogP contribution < -0.4 is 10.1 Å². The van der Waals surface area contributed by atoms with Crippen LogP contribution >= 0.6 is 11.8 Å². The van der Waals surface area contributed by atoms with Crippen LogP contribution in [0.2, 0.25) is 0 Å². The van der Waals surface area contributed by atoms with E-state index in [-0.39, 0.29) is 46.1 Å². The maximum atomic E-state index is 12.9. The number of carbonyl (C=O) groups is 1. The first-order valence-corrected chi connectivity index (χ1v) is 11.0. The Balaban J connectivity index is 1.47. The van der Waals surface area contributed by atoms with E-state index < -0.39 is 15.9 Å². The fourth-order valence-corrected chi connectivity index (χ4v) is 4.77. The zero-order valence-corrected chi connectivity index (χ0v) is 16.1. The van der Waals surface area contributed by atoms with Crippen LogP contribution in [-0.2, 0) is 14.6 Å². The maximum Gasteiger partial charge on any atom is 0.277 e. The molecule has 1 aromatic heterocycles. The van der Waals surface area contributed by atoms with E-state index in [4.69, 9.17) is 9.15 Å². The molecule has 1 fully saturated rings. The summed E-state index contributed by atoms with van der Waals surface area (Å²) in [6.07, 6.45) is -0.114. The Bertz CT molecular complexity index is 901. The minimum absolute atomic E-state index is 0.0215. The van der Waals surface area contributed by atoms with Crippen molar-refractivity contribution < 1.29 is 26.8 Å². The van der Waals surface area contributed by atoms with Crippen LogP contribution in [0, 0.1) is 5.82 Å². The molecule has 0 radical (unpaired) electrons. The van der Waals surface area contributed by atoms with Crippen LogP contribution in [0.4, 0.5) is 4.39 Å². The van der Waals surface area contributed by atoms with Gasteiger partial charge in [-0.3, -0.25) is 4.79 Å². The Morgan fingerprint density at radius 3 is 2.81 bits per heavy atom. The monoisotopic (exact) mass is 415 g/mol. The lowest BCUT2D eigenvalue weighted by atomic mass is 10.3. The number of halogens is 1. The van der Waals surface area contributed by atoms with Gasteiger partial charge in [-0.15, -0.1) is 10.2 Å². The molecular weight excluding hydrogens is 397 g/mol. The number of hydrogen-bond donors (Lipinski definition) is 1. The van der Waals surface area contributed by atoms with Crippen LogP contribution in [0.1, 0.15) is 25.3 Å². The molecule has 1 aliphatic rings. The summed E-state index contributed by atoms with van der Waals surface area (Å²) in [5.74, 6) is 0.144. The number of aromatic nitrogens is 2. The first-order valence-electron chi connectivity index (χ1n) is 8.19. The van der Waals surface area contributed by atoms with E-state index in [1.165, 1.54) is 24.3 Å². The third kappa shape index (κ3) is 5.67. The third-order valence-corrected chi connectivity index (χ3v) is 6.41. The summed E-state index contributed by atoms with van der Waals surface area (Å²) in [5, 5.41) is 10.6. The summed E-state index contributed by atoms with van der Waals surface area (Å²) in [7, 11) is -3.04. The zero-order chi connectivity index (χ0) is 19.4. The van der Waals surface area contributed by atoms with Gasteiger partial charge in [0.15, 0.2) is 15.9 Å². The Labute approximate surface area is 159 Å². The van der Waals surface area contributed by atoms with E-state index in [9.17, 15) is 17.6 Å². The normalized spacial score (nSPS) is 19.6. The number of nitrogens with zero attached hydrogens (tertiary/aromatic N) is 2. The summed E-state index contributed by atoms with van der Waals surface area (Å²) in [6, 6.07) is 5.21. The van der Waals surface area contributed by atoms with Crippen LogP contribution in [0.15, 0.2) is 33.9 Å². The van der Waals surface area contributed by atoms with Crippen LogP contribution in [-0.4, -0.2) is 47.8 Å². The molecule has 0 spiro atoms. The highest BCUT2D eigenvalue weighted by molar-refractivity contribution is 7.99. The predicted molar refractivity (Wildman–Crippen MR) is 95.7 cm³/mol. The second-order valence-corrected chi connectivity index (χ2v) is 9.23. The number of nitrogens with one attached hydrogen (secondary N) is 1. The highest BCUT2D eigenvalue weighted by atomic mass is 32.2. The minimum Gasteiger partial charge on any atom is -0.481 e. The quantitative estimate of drug-likeness (QED) is 0.681. The lowest BCUT2D eigenvalue weighted by molar-refractivity contribution is -0.119. The summed E-state index contributed by atoms with van der Waals surface area (Å²) in [4.78, 5) is 11.9. The fraction of sp³-hybridized carbons (Fsp3) is 0.438. The van der Waals surface area contributed by atoms with Gasteiger partial charge in [-0.05, 0) is 37.6 Å². The van der Waals surface area contributed by atoms with Gasteiger partial charge in [0.2, 0.25) is 5.91 Å². The topological polar surface area (TPSA) is 111 Å². The molecule has 27 heavy (non-hydrogen) atoms. The van der Waals surface area contributed by atoms with Crippen molar-refractivity contribution in [1.29, 1.82) is 0 Å². The van der Waals surface area contributed by atoms with Crippen molar-refractivity contribution in [1.82, 2.24) is 15.5 Å². The molecule has 0 aliphatic carbocycles. The second kappa shape index (κ2) is 8.26. The van der Waals surface area contributed by atoms with Gasteiger partial charge in [0.05, 0.1) is 17.3 Å². The largest absolute Gasteiger partial charge is 0.481 e. The van der Waals surface area contributed by atoms with Gasteiger partial charge in [0.1, 0.15) is 11.6 Å². The third-order valence-electron chi connectivity index (χ3n) is 3.82. The van der Waals surface area contributed by atoms with Crippen molar-refractivity contribution in [3.05, 3.63) is 36.0 Å². The van der Waals surface area contributed by atoms with Crippen molar-refractivity contribution in [2.75, 3.05) is 17.3 Å². The van der Waals surface area contributed by atoms with E-state index >= 15 is 0 Å². The Hall–Kier alpha value is -2.14. The summed E-state index contributed by atoms with van der Waals surface area (Å²) >= 11 is 1.05. The first kappa shape index (κ1) is 19.6. The molecule has 1 saturated heterocycles. The van der Waals surface area contributed by atoms with Gasteiger partial charge in [0, 0.05) is 6.04 Å². The van der Waals surface area contributed by atoms with Gasteiger partial charge in [-0.1, -0.05) is 11.8 Å². The van der Waals surface area contributed by atoms with E-state index in [2.05, 4.69) is 15.5 Å². The second-order valence-electron chi connectivity index (χ2n) is 6.08. The smallest absolute Gasteiger partial charge is 0.277 e. The van der Waals surface area contributed by atoms with Crippen molar-refractivity contribution in [2.45, 2.75) is 30.7 Å². The van der Waals surface area contributed by atoms with Crippen LogP contribution in [0.25, 0.3) is 0 Å². The Morgan fingerprint density at radius 2 is 2.15 bits per heavy atom. The molecule has 2 aromatic rings. The van der Waals surface area contributed by atoms with Crippen molar-refractivity contribution >= 4 is 27.5 Å². The number of amides is 1. The standard InChI is InChI=1S/C16H18FN3O5S2/c1-10(24-13-4-2-11(17)3-5-13)15-19-20-16(25-15)26-8-14(21)18-12-6-7-27(22,23)9-12/h2-5,10,12H,6-9H2,1H3,(H,18,21)/t10-,12+/m0/s1. The number of rotatable bonds is 7.